The van der Waals surface area contributed by atoms with Crippen molar-refractivity contribution < 1.29 is 9.90 Å². The van der Waals surface area contributed by atoms with Gasteiger partial charge in [-0.2, -0.15) is 0 Å². The quantitative estimate of drug-likeness (QED) is 0.790. The summed E-state index contributed by atoms with van der Waals surface area (Å²) in [6.45, 7) is 2.32. The van der Waals surface area contributed by atoms with Crippen molar-refractivity contribution in [1.82, 2.24) is 15.2 Å². The van der Waals surface area contributed by atoms with Crippen LogP contribution in [0.5, 0.6) is 0 Å². The first-order valence-electron chi connectivity index (χ1n) is 5.65. The molecule has 1 rings (SSSR count). The second kappa shape index (κ2) is 6.85. The molecule has 1 atom stereocenters. The lowest BCUT2D eigenvalue weighted by Gasteiger charge is -2.23. The number of aliphatic hydroxyl groups excluding tert-OH is 1. The van der Waals surface area contributed by atoms with Gasteiger partial charge in [-0.15, -0.1) is 0 Å². The molecule has 0 saturated carbocycles. The van der Waals surface area contributed by atoms with Gasteiger partial charge in [-0.1, -0.05) is 6.07 Å². The zero-order chi connectivity index (χ0) is 12.7. The highest BCUT2D eigenvalue weighted by Gasteiger charge is 2.13. The van der Waals surface area contributed by atoms with Crippen LogP contribution in [-0.4, -0.2) is 47.3 Å². The molecule has 0 aliphatic rings. The van der Waals surface area contributed by atoms with Crippen molar-refractivity contribution in [2.45, 2.75) is 19.4 Å². The number of nitrogens with one attached hydrogen (secondary N) is 1. The van der Waals surface area contributed by atoms with Gasteiger partial charge in [0, 0.05) is 26.0 Å². The Bertz CT molecular complexity index is 343. The van der Waals surface area contributed by atoms with E-state index in [0.29, 0.717) is 6.54 Å². The summed E-state index contributed by atoms with van der Waals surface area (Å²) in [5, 5.41) is 11.7. The average molecular weight is 237 g/mol. The van der Waals surface area contributed by atoms with Gasteiger partial charge in [0.05, 0.1) is 12.6 Å². The molecule has 1 aromatic heterocycles. The molecular formula is C12H19N3O2. The summed E-state index contributed by atoms with van der Waals surface area (Å²) in [4.78, 5) is 17.1. The molecule has 0 bridgehead atoms. The molecule has 1 aromatic rings. The molecule has 0 aromatic carbocycles. The standard InChI is InChI=1S/C12H19N3O2/c1-10(9-16)15(2)12(17)14-7-5-11-4-3-6-13-8-11/h3-4,6,8,10,16H,5,7,9H2,1-2H3,(H,14,17). The number of carbonyl (C=O) groups excluding carboxylic acids is 1. The molecule has 1 unspecified atom stereocenters. The zero-order valence-corrected chi connectivity index (χ0v) is 10.3. The van der Waals surface area contributed by atoms with E-state index < -0.39 is 0 Å². The lowest BCUT2D eigenvalue weighted by molar-refractivity contribution is 0.157. The maximum atomic E-state index is 11.6. The van der Waals surface area contributed by atoms with Crippen LogP contribution in [-0.2, 0) is 6.42 Å². The molecule has 0 fully saturated rings. The number of aliphatic hydroxyl groups is 1. The Balaban J connectivity index is 2.29. The molecule has 0 spiro atoms. The van der Waals surface area contributed by atoms with Crippen molar-refractivity contribution in [2.75, 3.05) is 20.2 Å². The van der Waals surface area contributed by atoms with Crippen LogP contribution in [0.3, 0.4) is 0 Å². The average Bonchev–Trinajstić information content (AvgIpc) is 2.38. The van der Waals surface area contributed by atoms with Gasteiger partial charge in [0.1, 0.15) is 0 Å². The van der Waals surface area contributed by atoms with E-state index in [9.17, 15) is 4.79 Å². The molecule has 5 nitrogen and oxygen atoms in total. The number of aromatic nitrogens is 1. The Morgan fingerprint density at radius 2 is 2.41 bits per heavy atom. The third-order valence-electron chi connectivity index (χ3n) is 2.66. The number of urea groups is 1. The van der Waals surface area contributed by atoms with Crippen LogP contribution in [0.1, 0.15) is 12.5 Å². The fourth-order valence-corrected chi connectivity index (χ4v) is 1.31. The van der Waals surface area contributed by atoms with Crippen LogP contribution in [0.2, 0.25) is 0 Å². The van der Waals surface area contributed by atoms with Gasteiger partial charge in [0.2, 0.25) is 0 Å². The second-order valence-electron chi connectivity index (χ2n) is 3.99. The zero-order valence-electron chi connectivity index (χ0n) is 10.3. The van der Waals surface area contributed by atoms with Crippen molar-refractivity contribution >= 4 is 6.03 Å². The van der Waals surface area contributed by atoms with E-state index in [1.54, 1.807) is 26.4 Å². The van der Waals surface area contributed by atoms with E-state index in [0.717, 1.165) is 12.0 Å². The molecular weight excluding hydrogens is 218 g/mol. The summed E-state index contributed by atoms with van der Waals surface area (Å²) in [5.41, 5.74) is 1.09. The fourth-order valence-electron chi connectivity index (χ4n) is 1.31. The van der Waals surface area contributed by atoms with Crippen LogP contribution < -0.4 is 5.32 Å². The SMILES string of the molecule is CC(CO)N(C)C(=O)NCCc1cccnc1. The Morgan fingerprint density at radius 1 is 1.65 bits per heavy atom. The monoisotopic (exact) mass is 237 g/mol. The van der Waals surface area contributed by atoms with Crippen molar-refractivity contribution in [2.24, 2.45) is 0 Å². The summed E-state index contributed by atoms with van der Waals surface area (Å²) in [5.74, 6) is 0. The topological polar surface area (TPSA) is 65.5 Å². The first-order chi connectivity index (χ1) is 8.15. The van der Waals surface area contributed by atoms with Crippen molar-refractivity contribution in [3.05, 3.63) is 30.1 Å². The van der Waals surface area contributed by atoms with Crippen molar-refractivity contribution in [3.63, 3.8) is 0 Å². The predicted octanol–water partition coefficient (Wildman–Crippen LogP) is 0.646. The Morgan fingerprint density at radius 3 is 3.00 bits per heavy atom. The van der Waals surface area contributed by atoms with Crippen molar-refractivity contribution in [1.29, 1.82) is 0 Å². The van der Waals surface area contributed by atoms with Crippen LogP contribution in [0.15, 0.2) is 24.5 Å². The summed E-state index contributed by atoms with van der Waals surface area (Å²) < 4.78 is 0. The second-order valence-corrected chi connectivity index (χ2v) is 3.99. The van der Waals surface area contributed by atoms with E-state index in [2.05, 4.69) is 10.3 Å². The molecule has 17 heavy (non-hydrogen) atoms. The number of nitrogens with zero attached hydrogens (tertiary/aromatic N) is 2. The van der Waals surface area contributed by atoms with Gasteiger partial charge in [-0.3, -0.25) is 4.98 Å². The summed E-state index contributed by atoms with van der Waals surface area (Å²) in [6.07, 6.45) is 4.26. The largest absolute Gasteiger partial charge is 0.394 e. The molecule has 0 aliphatic heterocycles. The molecule has 2 amide bonds. The molecule has 2 N–H and O–H groups in total. The lowest BCUT2D eigenvalue weighted by Crippen LogP contribution is -2.44. The van der Waals surface area contributed by atoms with E-state index in [1.165, 1.54) is 4.90 Å². The van der Waals surface area contributed by atoms with Gasteiger partial charge in [-0.05, 0) is 25.0 Å². The lowest BCUT2D eigenvalue weighted by atomic mass is 10.2. The normalized spacial score (nSPS) is 11.9. The van der Waals surface area contributed by atoms with Crippen LogP contribution in [0.4, 0.5) is 4.79 Å². The minimum atomic E-state index is -0.173. The van der Waals surface area contributed by atoms with E-state index >= 15 is 0 Å². The van der Waals surface area contributed by atoms with Crippen LogP contribution in [0, 0.1) is 0 Å². The highest BCUT2D eigenvalue weighted by molar-refractivity contribution is 5.74. The van der Waals surface area contributed by atoms with Gasteiger partial charge >= 0.3 is 6.03 Å². The highest BCUT2D eigenvalue weighted by Crippen LogP contribution is 1.97. The van der Waals surface area contributed by atoms with E-state index in [4.69, 9.17) is 5.11 Å². The Kier molecular flexibility index (Phi) is 5.42. The fraction of sp³-hybridized carbons (Fsp3) is 0.500. The summed E-state index contributed by atoms with van der Waals surface area (Å²) in [6, 6.07) is 3.50. The Labute approximate surface area is 101 Å². The number of hydrogen-bond acceptors (Lipinski definition) is 3. The number of pyridine rings is 1. The minimum Gasteiger partial charge on any atom is -0.394 e. The maximum absolute atomic E-state index is 11.6. The number of amides is 2. The molecule has 0 aliphatic carbocycles. The molecule has 0 saturated heterocycles. The highest BCUT2D eigenvalue weighted by atomic mass is 16.3. The van der Waals surface area contributed by atoms with Gasteiger partial charge in [-0.25, -0.2) is 4.79 Å². The number of carbonyl (C=O) groups is 1. The van der Waals surface area contributed by atoms with Gasteiger partial charge in [0.15, 0.2) is 0 Å². The summed E-state index contributed by atoms with van der Waals surface area (Å²) >= 11 is 0. The van der Waals surface area contributed by atoms with Crippen LogP contribution in [0.25, 0.3) is 0 Å². The smallest absolute Gasteiger partial charge is 0.317 e. The first-order valence-corrected chi connectivity index (χ1v) is 5.65. The van der Waals surface area contributed by atoms with E-state index in [-0.39, 0.29) is 18.7 Å². The third-order valence-corrected chi connectivity index (χ3v) is 2.66. The van der Waals surface area contributed by atoms with Crippen LogP contribution >= 0.6 is 0 Å². The molecule has 0 radical (unpaired) electrons. The Hall–Kier alpha value is -1.62. The molecule has 1 heterocycles. The third kappa shape index (κ3) is 4.40. The number of rotatable bonds is 5. The first kappa shape index (κ1) is 13.4. The maximum Gasteiger partial charge on any atom is 0.317 e. The predicted molar refractivity (Wildman–Crippen MR) is 65.7 cm³/mol. The number of hydrogen-bond donors (Lipinski definition) is 2. The summed E-state index contributed by atoms with van der Waals surface area (Å²) in [7, 11) is 1.67. The van der Waals surface area contributed by atoms with Crippen molar-refractivity contribution in [3.8, 4) is 0 Å². The molecule has 94 valence electrons. The van der Waals surface area contributed by atoms with E-state index in [1.807, 2.05) is 12.1 Å². The van der Waals surface area contributed by atoms with Gasteiger partial charge < -0.3 is 15.3 Å². The number of likely N-dealkylation sites (N-methyl/N-ethyl adjacent to an activating group) is 1. The molecule has 5 heteroatoms. The minimum absolute atomic E-state index is 0.0352. The van der Waals surface area contributed by atoms with Gasteiger partial charge in [0.25, 0.3) is 0 Å².